The van der Waals surface area contributed by atoms with Crippen molar-refractivity contribution in [2.24, 2.45) is 0 Å². The zero-order valence-corrected chi connectivity index (χ0v) is 13.3. The van der Waals surface area contributed by atoms with Gasteiger partial charge in [0.1, 0.15) is 5.69 Å². The number of rotatable bonds is 5. The van der Waals surface area contributed by atoms with Gasteiger partial charge in [0.25, 0.3) is 5.69 Å². The standard InChI is InChI=1S/C18H18N2O3/c1-12-4-7-15(10-13(12)2)18(21)9-6-14-5-8-16(19-3)17(11-14)20(22)23/h4-11,19H,1-3H3/b9-6+. The number of nitro groups is 1. The molecular formula is C18H18N2O3. The van der Waals surface area contributed by atoms with Crippen molar-refractivity contribution in [1.29, 1.82) is 0 Å². The number of allylic oxidation sites excluding steroid dienone is 1. The lowest BCUT2D eigenvalue weighted by molar-refractivity contribution is -0.383. The summed E-state index contributed by atoms with van der Waals surface area (Å²) in [6, 6.07) is 10.3. The molecule has 5 heteroatoms. The van der Waals surface area contributed by atoms with Crippen LogP contribution in [0.15, 0.2) is 42.5 Å². The van der Waals surface area contributed by atoms with Crippen molar-refractivity contribution < 1.29 is 9.72 Å². The van der Waals surface area contributed by atoms with Crippen LogP contribution in [0.1, 0.15) is 27.0 Å². The smallest absolute Gasteiger partial charge is 0.292 e. The maximum absolute atomic E-state index is 12.2. The first-order valence-corrected chi connectivity index (χ1v) is 7.18. The first-order chi connectivity index (χ1) is 10.9. The van der Waals surface area contributed by atoms with Crippen LogP contribution in [0, 0.1) is 24.0 Å². The molecule has 0 fully saturated rings. The third-order valence-electron chi connectivity index (χ3n) is 3.71. The average Bonchev–Trinajstić information content (AvgIpc) is 2.54. The largest absolute Gasteiger partial charge is 0.383 e. The molecule has 0 radical (unpaired) electrons. The lowest BCUT2D eigenvalue weighted by Crippen LogP contribution is -1.97. The summed E-state index contributed by atoms with van der Waals surface area (Å²) in [6.07, 6.45) is 3.02. The van der Waals surface area contributed by atoms with Gasteiger partial charge in [0, 0.05) is 18.7 Å². The monoisotopic (exact) mass is 310 g/mol. The molecule has 0 atom stereocenters. The van der Waals surface area contributed by atoms with Crippen molar-refractivity contribution >= 4 is 23.2 Å². The summed E-state index contributed by atoms with van der Waals surface area (Å²) in [5.74, 6) is -0.131. The zero-order chi connectivity index (χ0) is 17.0. The quantitative estimate of drug-likeness (QED) is 0.390. The predicted octanol–water partition coefficient (Wildman–Crippen LogP) is 4.15. The third kappa shape index (κ3) is 3.83. The van der Waals surface area contributed by atoms with Crippen LogP contribution >= 0.6 is 0 Å². The molecule has 1 N–H and O–H groups in total. The molecule has 5 nitrogen and oxygen atoms in total. The van der Waals surface area contributed by atoms with E-state index in [1.165, 1.54) is 12.1 Å². The number of hydrogen-bond acceptors (Lipinski definition) is 4. The van der Waals surface area contributed by atoms with Gasteiger partial charge in [0.15, 0.2) is 5.78 Å². The Hall–Kier alpha value is -2.95. The molecule has 0 aromatic heterocycles. The van der Waals surface area contributed by atoms with Crippen molar-refractivity contribution in [3.05, 3.63) is 74.8 Å². The first kappa shape index (κ1) is 16.4. The van der Waals surface area contributed by atoms with E-state index in [0.29, 0.717) is 16.8 Å². The van der Waals surface area contributed by atoms with Gasteiger partial charge < -0.3 is 5.32 Å². The Kier molecular flexibility index (Phi) is 4.91. The van der Waals surface area contributed by atoms with Gasteiger partial charge in [0.05, 0.1) is 4.92 Å². The molecule has 0 aliphatic heterocycles. The van der Waals surface area contributed by atoms with Crippen LogP contribution < -0.4 is 5.32 Å². The molecule has 2 rings (SSSR count). The lowest BCUT2D eigenvalue weighted by atomic mass is 10.0. The summed E-state index contributed by atoms with van der Waals surface area (Å²) in [4.78, 5) is 22.8. The number of nitro benzene ring substituents is 1. The highest BCUT2D eigenvalue weighted by Crippen LogP contribution is 2.25. The van der Waals surface area contributed by atoms with Gasteiger partial charge in [-0.3, -0.25) is 14.9 Å². The van der Waals surface area contributed by atoms with Crippen LogP contribution in [0.25, 0.3) is 6.08 Å². The molecule has 118 valence electrons. The number of carbonyl (C=O) groups excluding carboxylic acids is 1. The summed E-state index contributed by atoms with van der Waals surface area (Å²) in [6.45, 7) is 3.94. The molecule has 0 unspecified atom stereocenters. The van der Waals surface area contributed by atoms with Gasteiger partial charge in [-0.2, -0.15) is 0 Å². The maximum Gasteiger partial charge on any atom is 0.292 e. The van der Waals surface area contributed by atoms with E-state index in [2.05, 4.69) is 5.32 Å². The number of ketones is 1. The molecule has 0 aliphatic rings. The minimum atomic E-state index is -0.450. The van der Waals surface area contributed by atoms with Crippen molar-refractivity contribution in [3.8, 4) is 0 Å². The van der Waals surface area contributed by atoms with Crippen molar-refractivity contribution in [3.63, 3.8) is 0 Å². The minimum Gasteiger partial charge on any atom is -0.383 e. The number of anilines is 1. The van der Waals surface area contributed by atoms with E-state index in [4.69, 9.17) is 0 Å². The fourth-order valence-electron chi connectivity index (χ4n) is 2.18. The van der Waals surface area contributed by atoms with Crippen LogP contribution in [0.2, 0.25) is 0 Å². The van der Waals surface area contributed by atoms with E-state index in [9.17, 15) is 14.9 Å². The highest BCUT2D eigenvalue weighted by molar-refractivity contribution is 6.07. The SMILES string of the molecule is CNc1ccc(/C=C/C(=O)c2ccc(C)c(C)c2)cc1[N+](=O)[O-]. The molecule has 2 aromatic carbocycles. The Labute approximate surface area is 134 Å². The van der Waals surface area contributed by atoms with E-state index in [1.54, 1.807) is 31.3 Å². The summed E-state index contributed by atoms with van der Waals surface area (Å²) < 4.78 is 0. The van der Waals surface area contributed by atoms with Gasteiger partial charge >= 0.3 is 0 Å². The number of benzene rings is 2. The Morgan fingerprint density at radius 2 is 1.87 bits per heavy atom. The number of nitrogens with zero attached hydrogens (tertiary/aromatic N) is 1. The Morgan fingerprint density at radius 1 is 1.13 bits per heavy atom. The third-order valence-corrected chi connectivity index (χ3v) is 3.71. The van der Waals surface area contributed by atoms with E-state index < -0.39 is 4.92 Å². The van der Waals surface area contributed by atoms with Crippen molar-refractivity contribution in [1.82, 2.24) is 0 Å². The molecule has 0 aliphatic carbocycles. The Balaban J connectivity index is 2.25. The number of nitrogens with one attached hydrogen (secondary N) is 1. The van der Waals surface area contributed by atoms with Crippen LogP contribution in [0.4, 0.5) is 11.4 Å². The molecule has 0 saturated carbocycles. The molecule has 2 aromatic rings. The van der Waals surface area contributed by atoms with Crippen molar-refractivity contribution in [2.75, 3.05) is 12.4 Å². The second-order valence-electron chi connectivity index (χ2n) is 5.28. The van der Waals surface area contributed by atoms with Crippen LogP contribution in [-0.2, 0) is 0 Å². The summed E-state index contributed by atoms with van der Waals surface area (Å²) in [7, 11) is 1.63. The molecular weight excluding hydrogens is 292 g/mol. The van der Waals surface area contributed by atoms with Crippen LogP contribution in [0.3, 0.4) is 0 Å². The fourth-order valence-corrected chi connectivity index (χ4v) is 2.18. The van der Waals surface area contributed by atoms with E-state index >= 15 is 0 Å². The summed E-state index contributed by atoms with van der Waals surface area (Å²) >= 11 is 0. The van der Waals surface area contributed by atoms with E-state index in [0.717, 1.165) is 11.1 Å². The van der Waals surface area contributed by atoms with Crippen LogP contribution in [0.5, 0.6) is 0 Å². The first-order valence-electron chi connectivity index (χ1n) is 7.18. The Morgan fingerprint density at radius 3 is 2.48 bits per heavy atom. The van der Waals surface area contributed by atoms with Gasteiger partial charge in [-0.1, -0.05) is 24.3 Å². The molecule has 23 heavy (non-hydrogen) atoms. The van der Waals surface area contributed by atoms with E-state index in [-0.39, 0.29) is 11.5 Å². The Bertz CT molecular complexity index is 795. The van der Waals surface area contributed by atoms with Crippen LogP contribution in [-0.4, -0.2) is 17.8 Å². The second kappa shape index (κ2) is 6.87. The molecule has 0 spiro atoms. The van der Waals surface area contributed by atoms with E-state index in [1.807, 2.05) is 26.0 Å². The summed E-state index contributed by atoms with van der Waals surface area (Å²) in [5, 5.41) is 13.8. The molecule has 0 saturated heterocycles. The average molecular weight is 310 g/mol. The topological polar surface area (TPSA) is 72.2 Å². The molecule has 0 bridgehead atoms. The summed E-state index contributed by atoms with van der Waals surface area (Å²) in [5.41, 5.74) is 3.81. The fraction of sp³-hybridized carbons (Fsp3) is 0.167. The van der Waals surface area contributed by atoms with Crippen molar-refractivity contribution in [2.45, 2.75) is 13.8 Å². The molecule has 0 amide bonds. The highest BCUT2D eigenvalue weighted by atomic mass is 16.6. The number of hydrogen-bond donors (Lipinski definition) is 1. The number of carbonyl (C=O) groups is 1. The van der Waals surface area contributed by atoms with Gasteiger partial charge in [-0.15, -0.1) is 0 Å². The maximum atomic E-state index is 12.2. The van der Waals surface area contributed by atoms with Gasteiger partial charge in [0.2, 0.25) is 0 Å². The number of aryl methyl sites for hydroxylation is 2. The normalized spacial score (nSPS) is 10.7. The lowest BCUT2D eigenvalue weighted by Gasteiger charge is -2.03. The van der Waals surface area contributed by atoms with Gasteiger partial charge in [-0.25, -0.2) is 0 Å². The second-order valence-corrected chi connectivity index (χ2v) is 5.28. The highest BCUT2D eigenvalue weighted by Gasteiger charge is 2.12. The van der Waals surface area contributed by atoms with Gasteiger partial charge in [-0.05, 0) is 48.7 Å². The predicted molar refractivity (Wildman–Crippen MR) is 91.9 cm³/mol. The zero-order valence-electron chi connectivity index (χ0n) is 13.3. The minimum absolute atomic E-state index is 0.0201. The molecule has 0 heterocycles.